The molecule has 1 aromatic carbocycles. The molecule has 0 spiro atoms. The topological polar surface area (TPSA) is 47.0 Å². The molecular weight excluding hydrogens is 214 g/mol. The highest BCUT2D eigenvalue weighted by molar-refractivity contribution is 5.85. The molecule has 0 bridgehead atoms. The van der Waals surface area contributed by atoms with E-state index in [1.165, 1.54) is 0 Å². The van der Waals surface area contributed by atoms with Crippen molar-refractivity contribution in [3.05, 3.63) is 30.5 Å². The molecule has 1 atom stereocenters. The summed E-state index contributed by atoms with van der Waals surface area (Å²) in [5.74, 6) is 0.650. The summed E-state index contributed by atoms with van der Waals surface area (Å²) < 4.78 is 5.93. The van der Waals surface area contributed by atoms with E-state index in [1.807, 2.05) is 24.3 Å². The zero-order chi connectivity index (χ0) is 11.5. The number of benzene rings is 1. The molecule has 1 aromatic heterocycles. The van der Waals surface area contributed by atoms with Crippen molar-refractivity contribution < 1.29 is 4.74 Å². The van der Waals surface area contributed by atoms with E-state index < -0.39 is 0 Å². The van der Waals surface area contributed by atoms with Gasteiger partial charge in [-0.15, -0.1) is 5.10 Å². The SMILES string of the molecule is c1ccc2c(O[C@H]3CCCNC3)nncc2c1. The number of rotatable bonds is 2. The molecular formula is C13H15N3O. The second kappa shape index (κ2) is 4.67. The first kappa shape index (κ1) is 10.5. The molecule has 1 aliphatic rings. The highest BCUT2D eigenvalue weighted by atomic mass is 16.5. The number of ether oxygens (including phenoxy) is 1. The van der Waals surface area contributed by atoms with Crippen molar-refractivity contribution in [3.63, 3.8) is 0 Å². The lowest BCUT2D eigenvalue weighted by Crippen LogP contribution is -2.37. The Kier molecular flexibility index (Phi) is 2.88. The maximum absolute atomic E-state index is 5.93. The predicted octanol–water partition coefficient (Wildman–Crippen LogP) is 1.76. The van der Waals surface area contributed by atoms with Gasteiger partial charge in [0.05, 0.1) is 6.20 Å². The molecule has 3 rings (SSSR count). The van der Waals surface area contributed by atoms with Crippen molar-refractivity contribution in [2.45, 2.75) is 18.9 Å². The van der Waals surface area contributed by atoms with Gasteiger partial charge >= 0.3 is 0 Å². The maximum Gasteiger partial charge on any atom is 0.241 e. The van der Waals surface area contributed by atoms with Crippen molar-refractivity contribution in [1.29, 1.82) is 0 Å². The monoisotopic (exact) mass is 229 g/mol. The largest absolute Gasteiger partial charge is 0.471 e. The van der Waals surface area contributed by atoms with E-state index >= 15 is 0 Å². The molecule has 2 aromatic rings. The summed E-state index contributed by atoms with van der Waals surface area (Å²) in [5.41, 5.74) is 0. The van der Waals surface area contributed by atoms with Crippen LogP contribution < -0.4 is 10.1 Å². The van der Waals surface area contributed by atoms with Crippen molar-refractivity contribution in [1.82, 2.24) is 15.5 Å². The van der Waals surface area contributed by atoms with E-state index in [0.717, 1.165) is 36.7 Å². The van der Waals surface area contributed by atoms with Crippen LogP contribution in [-0.2, 0) is 0 Å². The van der Waals surface area contributed by atoms with Crippen molar-refractivity contribution in [3.8, 4) is 5.88 Å². The summed E-state index contributed by atoms with van der Waals surface area (Å²) in [7, 11) is 0. The number of aromatic nitrogens is 2. The summed E-state index contributed by atoms with van der Waals surface area (Å²) in [5, 5.41) is 13.5. The summed E-state index contributed by atoms with van der Waals surface area (Å²) >= 11 is 0. The van der Waals surface area contributed by atoms with Gasteiger partial charge in [-0.05, 0) is 25.5 Å². The Morgan fingerprint density at radius 2 is 2.24 bits per heavy atom. The Labute approximate surface area is 100 Å². The Morgan fingerprint density at radius 1 is 1.29 bits per heavy atom. The Morgan fingerprint density at radius 3 is 3.12 bits per heavy atom. The van der Waals surface area contributed by atoms with E-state index in [9.17, 15) is 0 Å². The highest BCUT2D eigenvalue weighted by Crippen LogP contribution is 2.23. The minimum Gasteiger partial charge on any atom is -0.471 e. The Hall–Kier alpha value is -1.68. The fourth-order valence-electron chi connectivity index (χ4n) is 2.17. The fraction of sp³-hybridized carbons (Fsp3) is 0.385. The Bertz CT molecular complexity index is 503. The maximum atomic E-state index is 5.93. The number of nitrogens with zero attached hydrogens (tertiary/aromatic N) is 2. The molecule has 0 saturated carbocycles. The van der Waals surface area contributed by atoms with E-state index in [2.05, 4.69) is 15.5 Å². The fourth-order valence-corrected chi connectivity index (χ4v) is 2.17. The van der Waals surface area contributed by atoms with Gasteiger partial charge in [0.2, 0.25) is 5.88 Å². The molecule has 4 heteroatoms. The number of nitrogens with one attached hydrogen (secondary N) is 1. The molecule has 0 radical (unpaired) electrons. The molecule has 2 heterocycles. The van der Waals surface area contributed by atoms with Crippen LogP contribution in [0.3, 0.4) is 0 Å². The molecule has 0 aliphatic carbocycles. The molecule has 0 amide bonds. The number of fused-ring (bicyclic) bond motifs is 1. The zero-order valence-electron chi connectivity index (χ0n) is 9.60. The van der Waals surface area contributed by atoms with Gasteiger partial charge in [0.1, 0.15) is 6.10 Å². The Balaban J connectivity index is 1.89. The van der Waals surface area contributed by atoms with E-state index in [-0.39, 0.29) is 6.10 Å². The van der Waals surface area contributed by atoms with Gasteiger partial charge < -0.3 is 10.1 Å². The van der Waals surface area contributed by atoms with E-state index in [0.29, 0.717) is 5.88 Å². The van der Waals surface area contributed by atoms with E-state index in [4.69, 9.17) is 4.74 Å². The van der Waals surface area contributed by atoms with Crippen molar-refractivity contribution in [2.24, 2.45) is 0 Å². The number of hydrogen-bond acceptors (Lipinski definition) is 4. The lowest BCUT2D eigenvalue weighted by atomic mass is 10.1. The average molecular weight is 229 g/mol. The van der Waals surface area contributed by atoms with Crippen molar-refractivity contribution in [2.75, 3.05) is 13.1 Å². The van der Waals surface area contributed by atoms with Gasteiger partial charge in [-0.1, -0.05) is 18.2 Å². The van der Waals surface area contributed by atoms with Crippen LogP contribution in [0, 0.1) is 0 Å². The highest BCUT2D eigenvalue weighted by Gasteiger charge is 2.16. The van der Waals surface area contributed by atoms with Crippen LogP contribution in [0.1, 0.15) is 12.8 Å². The van der Waals surface area contributed by atoms with Crippen LogP contribution in [0.5, 0.6) is 5.88 Å². The van der Waals surface area contributed by atoms with Gasteiger partial charge in [-0.25, -0.2) is 0 Å². The predicted molar refractivity (Wildman–Crippen MR) is 66.1 cm³/mol. The molecule has 1 saturated heterocycles. The third-order valence-corrected chi connectivity index (χ3v) is 3.07. The minimum absolute atomic E-state index is 0.212. The third-order valence-electron chi connectivity index (χ3n) is 3.07. The molecule has 0 unspecified atom stereocenters. The normalized spacial score (nSPS) is 20.4. The second-order valence-corrected chi connectivity index (χ2v) is 4.32. The van der Waals surface area contributed by atoms with Gasteiger partial charge in [-0.3, -0.25) is 0 Å². The smallest absolute Gasteiger partial charge is 0.241 e. The standard InChI is InChI=1S/C13H15N3O/c1-2-6-12-10(4-1)8-15-16-13(12)17-11-5-3-7-14-9-11/h1-2,4,6,8,11,14H,3,5,7,9H2/t11-/m0/s1. The summed E-state index contributed by atoms with van der Waals surface area (Å²) in [6, 6.07) is 8.04. The summed E-state index contributed by atoms with van der Waals surface area (Å²) in [6.07, 6.45) is 4.21. The van der Waals surface area contributed by atoms with Gasteiger partial charge in [0.25, 0.3) is 0 Å². The molecule has 4 nitrogen and oxygen atoms in total. The quantitative estimate of drug-likeness (QED) is 0.852. The molecule has 17 heavy (non-hydrogen) atoms. The van der Waals surface area contributed by atoms with Crippen LogP contribution in [0.25, 0.3) is 10.8 Å². The van der Waals surface area contributed by atoms with Crippen LogP contribution in [0.4, 0.5) is 0 Å². The van der Waals surface area contributed by atoms with Crippen LogP contribution >= 0.6 is 0 Å². The molecule has 1 N–H and O–H groups in total. The van der Waals surface area contributed by atoms with Crippen LogP contribution in [0.15, 0.2) is 30.5 Å². The van der Waals surface area contributed by atoms with Gasteiger partial charge in [-0.2, -0.15) is 5.10 Å². The lowest BCUT2D eigenvalue weighted by molar-refractivity contribution is 0.161. The first-order valence-corrected chi connectivity index (χ1v) is 6.01. The molecule has 1 aliphatic heterocycles. The van der Waals surface area contributed by atoms with Gasteiger partial charge in [0, 0.05) is 17.3 Å². The lowest BCUT2D eigenvalue weighted by Gasteiger charge is -2.23. The molecule has 1 fully saturated rings. The summed E-state index contributed by atoms with van der Waals surface area (Å²) in [6.45, 7) is 1.98. The van der Waals surface area contributed by atoms with Crippen LogP contribution in [0.2, 0.25) is 0 Å². The second-order valence-electron chi connectivity index (χ2n) is 4.32. The minimum atomic E-state index is 0.212. The summed E-state index contributed by atoms with van der Waals surface area (Å²) in [4.78, 5) is 0. The van der Waals surface area contributed by atoms with Crippen molar-refractivity contribution >= 4 is 10.8 Å². The molecule has 88 valence electrons. The first-order chi connectivity index (χ1) is 8.43. The van der Waals surface area contributed by atoms with Gasteiger partial charge in [0.15, 0.2) is 0 Å². The van der Waals surface area contributed by atoms with E-state index in [1.54, 1.807) is 6.20 Å². The number of piperidine rings is 1. The number of hydrogen-bond donors (Lipinski definition) is 1. The van der Waals surface area contributed by atoms with Crippen LogP contribution in [-0.4, -0.2) is 29.4 Å². The first-order valence-electron chi connectivity index (χ1n) is 6.01. The zero-order valence-corrected chi connectivity index (χ0v) is 9.60. The third kappa shape index (κ3) is 2.22. The average Bonchev–Trinajstić information content (AvgIpc) is 2.40.